The molecule has 158 valence electrons. The highest BCUT2D eigenvalue weighted by molar-refractivity contribution is 5.96. The zero-order valence-corrected chi connectivity index (χ0v) is 16.9. The summed E-state index contributed by atoms with van der Waals surface area (Å²) in [5.41, 5.74) is 4.77. The molecule has 5 nitrogen and oxygen atoms in total. The average molecular weight is 417 g/mol. The molecule has 0 saturated heterocycles. The van der Waals surface area contributed by atoms with E-state index in [1.165, 1.54) is 29.8 Å². The number of nitrogens with zero attached hydrogens (tertiary/aromatic N) is 2. The molecule has 3 rings (SSSR count). The van der Waals surface area contributed by atoms with E-state index in [-0.39, 0.29) is 18.2 Å². The maximum absolute atomic E-state index is 12.7. The van der Waals surface area contributed by atoms with Crippen LogP contribution in [0.5, 0.6) is 5.75 Å². The van der Waals surface area contributed by atoms with Crippen LogP contribution in [-0.4, -0.2) is 22.1 Å². The normalized spacial score (nSPS) is 11.4. The zero-order chi connectivity index (χ0) is 21.9. The number of hydrogen-bond acceptors (Lipinski definition) is 3. The lowest BCUT2D eigenvalue weighted by molar-refractivity contribution is -0.274. The van der Waals surface area contributed by atoms with E-state index in [2.05, 4.69) is 15.2 Å². The van der Waals surface area contributed by atoms with Gasteiger partial charge in [-0.3, -0.25) is 9.48 Å². The minimum absolute atomic E-state index is 0.174. The second-order valence-corrected chi connectivity index (χ2v) is 7.06. The molecule has 0 spiro atoms. The molecule has 1 N–H and O–H groups in total. The predicted octanol–water partition coefficient (Wildman–Crippen LogP) is 4.69. The van der Waals surface area contributed by atoms with E-state index in [4.69, 9.17) is 0 Å². The number of carbonyl (C=O) groups is 1. The van der Waals surface area contributed by atoms with Crippen molar-refractivity contribution in [3.05, 3.63) is 82.2 Å². The number of alkyl halides is 3. The first-order chi connectivity index (χ1) is 14.1. The Balaban J connectivity index is 1.65. The Morgan fingerprint density at radius 2 is 1.60 bits per heavy atom. The third kappa shape index (κ3) is 5.40. The first-order valence-corrected chi connectivity index (χ1v) is 9.35. The molecule has 0 atom stereocenters. The fourth-order valence-corrected chi connectivity index (χ4v) is 3.13. The summed E-state index contributed by atoms with van der Waals surface area (Å²) in [5, 5.41) is 7.28. The summed E-state index contributed by atoms with van der Waals surface area (Å²) in [5.74, 6) is -0.586. The molecule has 0 bridgehead atoms. The third-order valence-corrected chi connectivity index (χ3v) is 4.67. The van der Waals surface area contributed by atoms with Gasteiger partial charge in [-0.15, -0.1) is 13.2 Å². The van der Waals surface area contributed by atoms with Crippen molar-refractivity contribution in [2.45, 2.75) is 40.2 Å². The largest absolute Gasteiger partial charge is 0.573 e. The first-order valence-electron chi connectivity index (χ1n) is 9.35. The Labute approximate surface area is 172 Å². The van der Waals surface area contributed by atoms with Gasteiger partial charge in [-0.25, -0.2) is 0 Å². The molecule has 0 radical (unpaired) electrons. The molecule has 0 aliphatic carbocycles. The quantitative estimate of drug-likeness (QED) is 0.633. The highest BCUT2D eigenvalue weighted by Crippen LogP contribution is 2.23. The van der Waals surface area contributed by atoms with Crippen LogP contribution in [0.3, 0.4) is 0 Å². The minimum Gasteiger partial charge on any atom is -0.406 e. The van der Waals surface area contributed by atoms with Gasteiger partial charge in [0.15, 0.2) is 0 Å². The van der Waals surface area contributed by atoms with Gasteiger partial charge < -0.3 is 10.1 Å². The van der Waals surface area contributed by atoms with Crippen molar-refractivity contribution < 1.29 is 22.7 Å². The predicted molar refractivity (Wildman–Crippen MR) is 106 cm³/mol. The molecule has 0 fully saturated rings. The lowest BCUT2D eigenvalue weighted by Crippen LogP contribution is -2.24. The topological polar surface area (TPSA) is 56.2 Å². The molecular weight excluding hydrogens is 395 g/mol. The van der Waals surface area contributed by atoms with E-state index in [1.54, 1.807) is 11.6 Å². The number of amides is 1. The van der Waals surface area contributed by atoms with Gasteiger partial charge in [-0.05, 0) is 44.0 Å². The van der Waals surface area contributed by atoms with E-state index >= 15 is 0 Å². The second kappa shape index (κ2) is 8.61. The zero-order valence-electron chi connectivity index (χ0n) is 16.9. The van der Waals surface area contributed by atoms with Gasteiger partial charge >= 0.3 is 6.36 Å². The van der Waals surface area contributed by atoms with Crippen molar-refractivity contribution in [2.75, 3.05) is 0 Å². The molecule has 1 heterocycles. The van der Waals surface area contributed by atoms with Gasteiger partial charge in [0.1, 0.15) is 5.75 Å². The Hall–Kier alpha value is -3.29. The van der Waals surface area contributed by atoms with Crippen LogP contribution < -0.4 is 10.1 Å². The summed E-state index contributed by atoms with van der Waals surface area (Å²) in [6.07, 6.45) is -4.73. The minimum atomic E-state index is -4.73. The van der Waals surface area contributed by atoms with Gasteiger partial charge in [-0.1, -0.05) is 42.0 Å². The summed E-state index contributed by atoms with van der Waals surface area (Å²) >= 11 is 0. The lowest BCUT2D eigenvalue weighted by Gasteiger charge is -2.10. The fourth-order valence-electron chi connectivity index (χ4n) is 3.13. The van der Waals surface area contributed by atoms with Crippen LogP contribution in [0.4, 0.5) is 13.2 Å². The van der Waals surface area contributed by atoms with Crippen molar-refractivity contribution >= 4 is 5.91 Å². The molecule has 1 amide bonds. The monoisotopic (exact) mass is 417 g/mol. The van der Waals surface area contributed by atoms with Gasteiger partial charge in [0.2, 0.25) is 0 Å². The molecule has 2 aromatic carbocycles. The number of aromatic nitrogens is 2. The number of nitrogens with one attached hydrogen (secondary N) is 1. The maximum Gasteiger partial charge on any atom is 0.573 e. The van der Waals surface area contributed by atoms with Crippen molar-refractivity contribution in [2.24, 2.45) is 0 Å². The summed E-state index contributed by atoms with van der Waals surface area (Å²) < 4.78 is 42.3. The van der Waals surface area contributed by atoms with Crippen molar-refractivity contribution in [3.63, 3.8) is 0 Å². The molecule has 0 unspecified atom stereocenters. The Morgan fingerprint density at radius 3 is 2.20 bits per heavy atom. The molecular formula is C22H22F3N3O2. The molecule has 0 aliphatic rings. The van der Waals surface area contributed by atoms with Crippen molar-refractivity contribution in [1.82, 2.24) is 15.1 Å². The fraction of sp³-hybridized carbons (Fsp3) is 0.273. The van der Waals surface area contributed by atoms with Crippen LogP contribution in [0, 0.1) is 20.8 Å². The number of hydrogen-bond donors (Lipinski definition) is 1. The average Bonchev–Trinajstić information content (AvgIpc) is 2.95. The third-order valence-electron chi connectivity index (χ3n) is 4.67. The molecule has 3 aromatic rings. The van der Waals surface area contributed by atoms with E-state index in [0.29, 0.717) is 23.4 Å². The smallest absolute Gasteiger partial charge is 0.406 e. The summed E-state index contributed by atoms with van der Waals surface area (Å²) in [7, 11) is 0. The van der Waals surface area contributed by atoms with Gasteiger partial charge in [0.25, 0.3) is 5.91 Å². The first kappa shape index (κ1) is 21.4. The standard InChI is InChI=1S/C22H22F3N3O2/c1-14-4-6-18(7-5-14)13-28-16(3)20(15(2)27-28)21(29)26-12-17-8-10-19(11-9-17)30-22(23,24)25/h4-11H,12-13H2,1-3H3,(H,26,29). The van der Waals surface area contributed by atoms with E-state index in [1.807, 2.05) is 38.1 Å². The number of aryl methyl sites for hydroxylation is 2. The number of carbonyl (C=O) groups excluding carboxylic acids is 1. The van der Waals surface area contributed by atoms with Crippen LogP contribution in [0.25, 0.3) is 0 Å². The molecule has 1 aromatic heterocycles. The number of benzene rings is 2. The molecule has 8 heteroatoms. The SMILES string of the molecule is Cc1ccc(Cn2nc(C)c(C(=O)NCc3ccc(OC(F)(F)F)cc3)c2C)cc1. The van der Waals surface area contributed by atoms with E-state index in [0.717, 1.165) is 11.3 Å². The summed E-state index contributed by atoms with van der Waals surface area (Å²) in [6.45, 7) is 6.36. The van der Waals surface area contributed by atoms with Crippen LogP contribution in [0.2, 0.25) is 0 Å². The maximum atomic E-state index is 12.7. The van der Waals surface area contributed by atoms with Crippen LogP contribution in [0.1, 0.15) is 38.4 Å². The number of ether oxygens (including phenoxy) is 1. The summed E-state index contributed by atoms with van der Waals surface area (Å²) in [4.78, 5) is 12.7. The van der Waals surface area contributed by atoms with E-state index < -0.39 is 6.36 Å². The van der Waals surface area contributed by atoms with Crippen LogP contribution >= 0.6 is 0 Å². The van der Waals surface area contributed by atoms with Crippen molar-refractivity contribution in [1.29, 1.82) is 0 Å². The van der Waals surface area contributed by atoms with E-state index in [9.17, 15) is 18.0 Å². The van der Waals surface area contributed by atoms with Crippen LogP contribution in [-0.2, 0) is 13.1 Å². The Kier molecular flexibility index (Phi) is 6.14. The molecule has 0 saturated carbocycles. The van der Waals surface area contributed by atoms with Crippen LogP contribution in [0.15, 0.2) is 48.5 Å². The van der Waals surface area contributed by atoms with Gasteiger partial charge in [0, 0.05) is 12.2 Å². The lowest BCUT2D eigenvalue weighted by atomic mass is 10.1. The Bertz CT molecular complexity index is 1020. The molecule has 30 heavy (non-hydrogen) atoms. The number of rotatable bonds is 6. The highest BCUT2D eigenvalue weighted by atomic mass is 19.4. The van der Waals surface area contributed by atoms with Gasteiger partial charge in [0.05, 0.1) is 17.8 Å². The number of halogens is 3. The van der Waals surface area contributed by atoms with Gasteiger partial charge in [-0.2, -0.15) is 5.10 Å². The Morgan fingerprint density at radius 1 is 1.00 bits per heavy atom. The highest BCUT2D eigenvalue weighted by Gasteiger charge is 2.31. The second-order valence-electron chi connectivity index (χ2n) is 7.06. The van der Waals surface area contributed by atoms with Crippen molar-refractivity contribution in [3.8, 4) is 5.75 Å². The summed E-state index contributed by atoms with van der Waals surface area (Å²) in [6, 6.07) is 13.5. The molecule has 0 aliphatic heterocycles.